The Hall–Kier alpha value is -1.87. The van der Waals surface area contributed by atoms with Gasteiger partial charge in [-0.15, -0.1) is 0 Å². The minimum Gasteiger partial charge on any atom is -0.304 e. The van der Waals surface area contributed by atoms with Crippen LogP contribution in [0.2, 0.25) is 0 Å². The highest BCUT2D eigenvalue weighted by Gasteiger charge is 2.17. The lowest BCUT2D eigenvalue weighted by atomic mass is 9.96. The van der Waals surface area contributed by atoms with Crippen LogP contribution in [-0.2, 0) is 6.54 Å². The van der Waals surface area contributed by atoms with Crippen LogP contribution in [0, 0.1) is 0 Å². The Labute approximate surface area is 127 Å². The number of hydrazine groups is 1. The molecule has 110 valence electrons. The zero-order valence-electron chi connectivity index (χ0n) is 12.4. The van der Waals surface area contributed by atoms with Gasteiger partial charge in [-0.25, -0.2) is 5.43 Å². The summed E-state index contributed by atoms with van der Waals surface area (Å²) < 4.78 is 0. The van der Waals surface area contributed by atoms with Gasteiger partial charge in [0.2, 0.25) is 0 Å². The third kappa shape index (κ3) is 4.05. The van der Waals surface area contributed by atoms with E-state index in [1.165, 1.54) is 43.4 Å². The van der Waals surface area contributed by atoms with Crippen LogP contribution in [0.15, 0.2) is 54.9 Å². The monoisotopic (exact) mass is 281 g/mol. The topological polar surface area (TPSA) is 28.2 Å². The molecule has 0 aliphatic heterocycles. The van der Waals surface area contributed by atoms with E-state index in [2.05, 4.69) is 57.9 Å². The van der Waals surface area contributed by atoms with Gasteiger partial charge < -0.3 is 5.01 Å². The van der Waals surface area contributed by atoms with Gasteiger partial charge in [-0.2, -0.15) is 0 Å². The van der Waals surface area contributed by atoms with Crippen molar-refractivity contribution in [2.45, 2.75) is 44.7 Å². The number of hydrogen-bond donors (Lipinski definition) is 1. The highest BCUT2D eigenvalue weighted by molar-refractivity contribution is 5.44. The Balaban J connectivity index is 1.74. The molecule has 0 unspecified atom stereocenters. The first kappa shape index (κ1) is 14.1. The first-order valence-electron chi connectivity index (χ1n) is 7.89. The Bertz CT molecular complexity index is 521. The molecule has 1 saturated carbocycles. The predicted octanol–water partition coefficient (Wildman–Crippen LogP) is 3.93. The highest BCUT2D eigenvalue weighted by atomic mass is 15.5. The second kappa shape index (κ2) is 7.23. The van der Waals surface area contributed by atoms with Crippen LogP contribution >= 0.6 is 0 Å². The van der Waals surface area contributed by atoms with Gasteiger partial charge in [0.05, 0.1) is 12.2 Å². The molecule has 1 heterocycles. The third-order valence-corrected chi connectivity index (χ3v) is 4.10. The maximum atomic E-state index is 4.13. The lowest BCUT2D eigenvalue weighted by Gasteiger charge is -2.32. The summed E-state index contributed by atoms with van der Waals surface area (Å²) in [5, 5.41) is 2.27. The van der Waals surface area contributed by atoms with Gasteiger partial charge in [-0.05, 0) is 30.5 Å². The number of nitrogens with one attached hydrogen (secondary N) is 1. The van der Waals surface area contributed by atoms with E-state index >= 15 is 0 Å². The molecule has 0 radical (unpaired) electrons. The van der Waals surface area contributed by atoms with Crippen LogP contribution in [-0.4, -0.2) is 11.0 Å². The van der Waals surface area contributed by atoms with Gasteiger partial charge >= 0.3 is 0 Å². The fourth-order valence-corrected chi connectivity index (χ4v) is 2.95. The SMILES string of the molecule is c1ccc(CN(NC2CCCCC2)c2ccncc2)cc1. The molecule has 3 heteroatoms. The van der Waals surface area contributed by atoms with E-state index in [0.717, 1.165) is 6.54 Å². The lowest BCUT2D eigenvalue weighted by molar-refractivity contribution is 0.362. The fraction of sp³-hybridized carbons (Fsp3) is 0.389. The summed E-state index contributed by atoms with van der Waals surface area (Å²) in [5.74, 6) is 0. The van der Waals surface area contributed by atoms with Crippen LogP contribution in [0.4, 0.5) is 5.69 Å². The molecule has 0 spiro atoms. The predicted molar refractivity (Wildman–Crippen MR) is 86.9 cm³/mol. The molecular formula is C18H23N3. The maximum absolute atomic E-state index is 4.13. The molecule has 2 aromatic rings. The Kier molecular flexibility index (Phi) is 4.85. The summed E-state index contributed by atoms with van der Waals surface area (Å²) in [6, 6.07) is 15.3. The minimum absolute atomic E-state index is 0.593. The second-order valence-electron chi connectivity index (χ2n) is 5.74. The van der Waals surface area contributed by atoms with Crippen LogP contribution in [0.1, 0.15) is 37.7 Å². The normalized spacial score (nSPS) is 15.8. The summed E-state index contributed by atoms with van der Waals surface area (Å²) in [6.45, 7) is 0.876. The third-order valence-electron chi connectivity index (χ3n) is 4.10. The smallest absolute Gasteiger partial charge is 0.0595 e. The van der Waals surface area contributed by atoms with Crippen LogP contribution < -0.4 is 10.4 Å². The van der Waals surface area contributed by atoms with Crippen molar-refractivity contribution in [1.29, 1.82) is 0 Å². The van der Waals surface area contributed by atoms with E-state index in [0.29, 0.717) is 6.04 Å². The molecule has 1 aliphatic rings. The maximum Gasteiger partial charge on any atom is 0.0595 e. The van der Waals surface area contributed by atoms with Gasteiger partial charge in [0.15, 0.2) is 0 Å². The van der Waals surface area contributed by atoms with Crippen molar-refractivity contribution >= 4 is 5.69 Å². The summed E-state index contributed by atoms with van der Waals surface area (Å²) in [4.78, 5) is 4.13. The number of benzene rings is 1. The number of anilines is 1. The van der Waals surface area contributed by atoms with Gasteiger partial charge in [0.1, 0.15) is 0 Å². The van der Waals surface area contributed by atoms with Crippen molar-refractivity contribution in [2.24, 2.45) is 0 Å². The van der Waals surface area contributed by atoms with Gasteiger partial charge in [-0.1, -0.05) is 49.6 Å². The summed E-state index contributed by atoms with van der Waals surface area (Å²) in [7, 11) is 0. The molecular weight excluding hydrogens is 258 g/mol. The number of hydrogen-bond acceptors (Lipinski definition) is 3. The number of pyridine rings is 1. The standard InChI is InChI=1S/C18H23N3/c1-3-7-16(8-4-1)15-21(18-11-13-19-14-12-18)20-17-9-5-2-6-10-17/h1,3-4,7-8,11-14,17,20H,2,5-6,9-10,15H2. The summed E-state index contributed by atoms with van der Waals surface area (Å²) in [6.07, 6.45) is 10.3. The van der Waals surface area contributed by atoms with Crippen molar-refractivity contribution in [3.63, 3.8) is 0 Å². The van der Waals surface area contributed by atoms with Crippen LogP contribution in [0.3, 0.4) is 0 Å². The minimum atomic E-state index is 0.593. The molecule has 1 N–H and O–H groups in total. The molecule has 0 saturated heterocycles. The van der Waals surface area contributed by atoms with Crippen molar-refractivity contribution < 1.29 is 0 Å². The van der Waals surface area contributed by atoms with Gasteiger partial charge in [0, 0.05) is 18.4 Å². The Morgan fingerprint density at radius 3 is 2.38 bits per heavy atom. The van der Waals surface area contributed by atoms with Crippen molar-refractivity contribution in [2.75, 3.05) is 5.01 Å². The zero-order chi connectivity index (χ0) is 14.3. The van der Waals surface area contributed by atoms with Crippen molar-refractivity contribution in [3.8, 4) is 0 Å². The number of rotatable bonds is 5. The number of nitrogens with zero attached hydrogens (tertiary/aromatic N) is 2. The highest BCUT2D eigenvalue weighted by Crippen LogP contribution is 2.20. The second-order valence-corrected chi connectivity index (χ2v) is 5.74. The summed E-state index contributed by atoms with van der Waals surface area (Å²) in [5.41, 5.74) is 6.22. The van der Waals surface area contributed by atoms with Gasteiger partial charge in [-0.3, -0.25) is 4.98 Å². The van der Waals surface area contributed by atoms with Crippen LogP contribution in [0.5, 0.6) is 0 Å². The van der Waals surface area contributed by atoms with E-state index in [1.807, 2.05) is 12.4 Å². The first-order valence-corrected chi connectivity index (χ1v) is 7.89. The van der Waals surface area contributed by atoms with Crippen molar-refractivity contribution in [3.05, 3.63) is 60.4 Å². The first-order chi connectivity index (χ1) is 10.4. The molecule has 21 heavy (non-hydrogen) atoms. The molecule has 1 fully saturated rings. The average Bonchev–Trinajstić information content (AvgIpc) is 2.57. The average molecular weight is 281 g/mol. The van der Waals surface area contributed by atoms with E-state index in [9.17, 15) is 0 Å². The lowest BCUT2D eigenvalue weighted by Crippen LogP contribution is -2.45. The van der Waals surface area contributed by atoms with E-state index in [-0.39, 0.29) is 0 Å². The molecule has 0 amide bonds. The van der Waals surface area contributed by atoms with Crippen LogP contribution in [0.25, 0.3) is 0 Å². The zero-order valence-corrected chi connectivity index (χ0v) is 12.4. The molecule has 3 rings (SSSR count). The van der Waals surface area contributed by atoms with E-state index < -0.39 is 0 Å². The molecule has 0 bridgehead atoms. The molecule has 1 aromatic heterocycles. The fourth-order valence-electron chi connectivity index (χ4n) is 2.95. The van der Waals surface area contributed by atoms with E-state index in [4.69, 9.17) is 0 Å². The Morgan fingerprint density at radius 1 is 0.952 bits per heavy atom. The van der Waals surface area contributed by atoms with Gasteiger partial charge in [0.25, 0.3) is 0 Å². The quantitative estimate of drug-likeness (QED) is 0.842. The number of aromatic nitrogens is 1. The molecule has 0 atom stereocenters. The largest absolute Gasteiger partial charge is 0.304 e. The summed E-state index contributed by atoms with van der Waals surface area (Å²) >= 11 is 0. The molecule has 3 nitrogen and oxygen atoms in total. The Morgan fingerprint density at radius 2 is 1.67 bits per heavy atom. The van der Waals surface area contributed by atoms with E-state index in [1.54, 1.807) is 0 Å². The van der Waals surface area contributed by atoms with Crippen molar-refractivity contribution in [1.82, 2.24) is 10.4 Å². The molecule has 1 aliphatic carbocycles. The molecule has 1 aromatic carbocycles.